The molecule has 0 amide bonds. The lowest BCUT2D eigenvalue weighted by Gasteiger charge is -2.09. The molecule has 0 aromatic heterocycles. The highest BCUT2D eigenvalue weighted by Crippen LogP contribution is 2.20. The van der Waals surface area contributed by atoms with E-state index < -0.39 is 0 Å². The zero-order valence-electron chi connectivity index (χ0n) is 11.2. The average molecular weight is 252 g/mol. The number of carbonyl (C=O) groups excluding carboxylic acids is 1. The van der Waals surface area contributed by atoms with Crippen LogP contribution in [0.2, 0.25) is 0 Å². The van der Waals surface area contributed by atoms with Crippen molar-refractivity contribution in [3.8, 4) is 5.75 Å². The largest absolute Gasteiger partial charge is 0.496 e. The summed E-state index contributed by atoms with van der Waals surface area (Å²) in [5, 5.41) is 0. The summed E-state index contributed by atoms with van der Waals surface area (Å²) in [6, 6.07) is 5.49. The quantitative estimate of drug-likeness (QED) is 0.526. The minimum Gasteiger partial charge on any atom is -0.496 e. The van der Waals surface area contributed by atoms with Gasteiger partial charge >= 0.3 is 0 Å². The van der Waals surface area contributed by atoms with Crippen molar-refractivity contribution in [2.75, 3.05) is 33.5 Å². The van der Waals surface area contributed by atoms with Crippen molar-refractivity contribution < 1.29 is 19.0 Å². The Labute approximate surface area is 108 Å². The monoisotopic (exact) mass is 252 g/mol. The molecule has 0 aliphatic carbocycles. The molecule has 1 rings (SSSR count). The van der Waals surface area contributed by atoms with Gasteiger partial charge in [0.15, 0.2) is 5.78 Å². The van der Waals surface area contributed by atoms with Gasteiger partial charge in [-0.25, -0.2) is 0 Å². The van der Waals surface area contributed by atoms with Crippen LogP contribution in [-0.4, -0.2) is 39.3 Å². The third-order valence-corrected chi connectivity index (χ3v) is 2.47. The normalized spacial score (nSPS) is 10.4. The van der Waals surface area contributed by atoms with Gasteiger partial charge in [0.05, 0.1) is 25.9 Å². The van der Waals surface area contributed by atoms with Gasteiger partial charge in [-0.15, -0.1) is 0 Å². The van der Waals surface area contributed by atoms with E-state index in [0.29, 0.717) is 31.1 Å². The topological polar surface area (TPSA) is 44.8 Å². The summed E-state index contributed by atoms with van der Waals surface area (Å²) in [7, 11) is 1.56. The van der Waals surface area contributed by atoms with Crippen molar-refractivity contribution in [1.29, 1.82) is 0 Å². The fraction of sp³-hybridized carbons (Fsp3) is 0.500. The fourth-order valence-electron chi connectivity index (χ4n) is 1.53. The Morgan fingerprint density at radius 3 is 2.61 bits per heavy atom. The number of hydrogen-bond acceptors (Lipinski definition) is 4. The molecule has 0 saturated carbocycles. The first-order chi connectivity index (χ1) is 8.69. The minimum absolute atomic E-state index is 0.0481. The lowest BCUT2D eigenvalue weighted by molar-refractivity contribution is 0.0473. The van der Waals surface area contributed by atoms with Gasteiger partial charge in [0.2, 0.25) is 0 Å². The molecule has 100 valence electrons. The van der Waals surface area contributed by atoms with Crippen molar-refractivity contribution in [2.45, 2.75) is 13.8 Å². The maximum atomic E-state index is 11.9. The SMILES string of the molecule is CCOCCOCC(=O)c1ccc(C)cc1OC. The lowest BCUT2D eigenvalue weighted by Crippen LogP contribution is -2.13. The number of ether oxygens (including phenoxy) is 3. The molecule has 0 aliphatic heterocycles. The van der Waals surface area contributed by atoms with E-state index in [4.69, 9.17) is 14.2 Å². The summed E-state index contributed by atoms with van der Waals surface area (Å²) >= 11 is 0. The van der Waals surface area contributed by atoms with Gasteiger partial charge in [0.1, 0.15) is 12.4 Å². The van der Waals surface area contributed by atoms with Gasteiger partial charge in [-0.2, -0.15) is 0 Å². The Kier molecular flexibility index (Phi) is 6.39. The van der Waals surface area contributed by atoms with E-state index in [1.54, 1.807) is 13.2 Å². The van der Waals surface area contributed by atoms with Gasteiger partial charge < -0.3 is 14.2 Å². The fourth-order valence-corrected chi connectivity index (χ4v) is 1.53. The molecule has 0 spiro atoms. The maximum absolute atomic E-state index is 11.9. The summed E-state index contributed by atoms with van der Waals surface area (Å²) < 4.78 is 15.6. The third-order valence-electron chi connectivity index (χ3n) is 2.47. The summed E-state index contributed by atoms with van der Waals surface area (Å²) in [6.07, 6.45) is 0. The van der Waals surface area contributed by atoms with E-state index in [1.807, 2.05) is 26.0 Å². The first kappa shape index (κ1) is 14.7. The Bertz CT molecular complexity index is 387. The van der Waals surface area contributed by atoms with Crippen LogP contribution in [0.1, 0.15) is 22.8 Å². The Hall–Kier alpha value is -1.39. The molecule has 0 atom stereocenters. The number of aryl methyl sites for hydroxylation is 1. The van der Waals surface area contributed by atoms with Crippen LogP contribution in [0.3, 0.4) is 0 Å². The first-order valence-electron chi connectivity index (χ1n) is 6.02. The molecule has 18 heavy (non-hydrogen) atoms. The number of hydrogen-bond donors (Lipinski definition) is 0. The molecule has 0 saturated heterocycles. The molecule has 0 unspecified atom stereocenters. The molecule has 0 heterocycles. The second-order valence-corrected chi connectivity index (χ2v) is 3.88. The Morgan fingerprint density at radius 2 is 1.94 bits per heavy atom. The highest BCUT2D eigenvalue weighted by atomic mass is 16.5. The van der Waals surface area contributed by atoms with E-state index in [-0.39, 0.29) is 12.4 Å². The highest BCUT2D eigenvalue weighted by Gasteiger charge is 2.12. The molecular formula is C14H20O4. The van der Waals surface area contributed by atoms with E-state index in [2.05, 4.69) is 0 Å². The Balaban J connectivity index is 2.51. The number of rotatable bonds is 8. The van der Waals surface area contributed by atoms with Gasteiger partial charge in [-0.3, -0.25) is 4.79 Å². The van der Waals surface area contributed by atoms with Crippen molar-refractivity contribution in [1.82, 2.24) is 0 Å². The number of carbonyl (C=O) groups is 1. The molecule has 4 nitrogen and oxygen atoms in total. The second-order valence-electron chi connectivity index (χ2n) is 3.88. The molecule has 0 bridgehead atoms. The van der Waals surface area contributed by atoms with Crippen LogP contribution in [-0.2, 0) is 9.47 Å². The second kappa shape index (κ2) is 7.84. The zero-order chi connectivity index (χ0) is 13.4. The highest BCUT2D eigenvalue weighted by molar-refractivity contribution is 5.99. The maximum Gasteiger partial charge on any atom is 0.192 e. The van der Waals surface area contributed by atoms with Crippen LogP contribution in [0.15, 0.2) is 18.2 Å². The predicted octanol–water partition coefficient (Wildman–Crippen LogP) is 2.24. The molecule has 1 aromatic rings. The molecule has 0 fully saturated rings. The summed E-state index contributed by atoms with van der Waals surface area (Å²) in [4.78, 5) is 11.9. The number of Topliss-reactive ketones (excluding diaryl/α,β-unsaturated/α-hetero) is 1. The van der Waals surface area contributed by atoms with E-state index in [9.17, 15) is 4.79 Å². The smallest absolute Gasteiger partial charge is 0.192 e. The average Bonchev–Trinajstić information content (AvgIpc) is 2.38. The lowest BCUT2D eigenvalue weighted by atomic mass is 10.1. The standard InChI is InChI=1S/C14H20O4/c1-4-17-7-8-18-10-13(15)12-6-5-11(2)9-14(12)16-3/h5-6,9H,4,7-8,10H2,1-3H3. The van der Waals surface area contributed by atoms with Crippen molar-refractivity contribution in [3.63, 3.8) is 0 Å². The predicted molar refractivity (Wildman–Crippen MR) is 69.4 cm³/mol. The number of benzene rings is 1. The molecular weight excluding hydrogens is 232 g/mol. The van der Waals surface area contributed by atoms with Crippen molar-refractivity contribution in [3.05, 3.63) is 29.3 Å². The molecule has 0 aliphatic rings. The molecule has 1 aromatic carbocycles. The van der Waals surface area contributed by atoms with Crippen LogP contribution in [0.5, 0.6) is 5.75 Å². The van der Waals surface area contributed by atoms with E-state index >= 15 is 0 Å². The summed E-state index contributed by atoms with van der Waals surface area (Å²) in [6.45, 7) is 5.51. The summed E-state index contributed by atoms with van der Waals surface area (Å²) in [5.41, 5.74) is 1.61. The van der Waals surface area contributed by atoms with Crippen LogP contribution in [0.4, 0.5) is 0 Å². The number of methoxy groups -OCH3 is 1. The van der Waals surface area contributed by atoms with Crippen LogP contribution in [0.25, 0.3) is 0 Å². The van der Waals surface area contributed by atoms with E-state index in [0.717, 1.165) is 5.56 Å². The zero-order valence-corrected chi connectivity index (χ0v) is 11.2. The van der Waals surface area contributed by atoms with Crippen molar-refractivity contribution >= 4 is 5.78 Å². The van der Waals surface area contributed by atoms with Gasteiger partial charge in [0, 0.05) is 6.61 Å². The molecule has 0 N–H and O–H groups in total. The van der Waals surface area contributed by atoms with E-state index in [1.165, 1.54) is 0 Å². The van der Waals surface area contributed by atoms with Crippen LogP contribution >= 0.6 is 0 Å². The number of ketones is 1. The van der Waals surface area contributed by atoms with Gasteiger partial charge in [-0.05, 0) is 31.5 Å². The summed E-state index contributed by atoms with van der Waals surface area (Å²) in [5.74, 6) is 0.511. The molecule has 4 heteroatoms. The molecule has 0 radical (unpaired) electrons. The first-order valence-corrected chi connectivity index (χ1v) is 6.02. The van der Waals surface area contributed by atoms with Crippen LogP contribution in [0, 0.1) is 6.92 Å². The van der Waals surface area contributed by atoms with Crippen LogP contribution < -0.4 is 4.74 Å². The van der Waals surface area contributed by atoms with Gasteiger partial charge in [-0.1, -0.05) is 6.07 Å². The van der Waals surface area contributed by atoms with Crippen molar-refractivity contribution in [2.24, 2.45) is 0 Å². The Morgan fingerprint density at radius 1 is 1.22 bits per heavy atom. The minimum atomic E-state index is -0.0802. The van der Waals surface area contributed by atoms with Gasteiger partial charge in [0.25, 0.3) is 0 Å². The third kappa shape index (κ3) is 4.47.